The van der Waals surface area contributed by atoms with Gasteiger partial charge in [-0.1, -0.05) is 24.3 Å². The predicted octanol–water partition coefficient (Wildman–Crippen LogP) is 1.92. The Hall–Kier alpha value is -1.35. The van der Waals surface area contributed by atoms with Crippen molar-refractivity contribution in [1.29, 1.82) is 0 Å². The van der Waals surface area contributed by atoms with E-state index in [1.807, 2.05) is 0 Å². The van der Waals surface area contributed by atoms with Gasteiger partial charge in [0.25, 0.3) is 0 Å². The van der Waals surface area contributed by atoms with Gasteiger partial charge in [-0.15, -0.1) is 0 Å². The van der Waals surface area contributed by atoms with Gasteiger partial charge in [0, 0.05) is 22.5 Å². The Bertz CT molecular complexity index is 446. The molecule has 0 saturated heterocycles. The number of carbonyl (C=O) groups is 2. The molecule has 0 unspecified atom stereocenters. The lowest BCUT2D eigenvalue weighted by Crippen LogP contribution is -2.17. The van der Waals surface area contributed by atoms with Crippen molar-refractivity contribution in [3.8, 4) is 0 Å². The molecule has 1 aromatic carbocycles. The minimum Gasteiger partial charge on any atom is -0.289 e. The number of carbonyl (C=O) groups excluding carboxylic acids is 2. The smallest absolute Gasteiger partial charge is 0.190 e. The first-order valence-electron chi connectivity index (χ1n) is 4.23. The van der Waals surface area contributed by atoms with E-state index in [1.165, 1.54) is 6.08 Å². The minimum absolute atomic E-state index is 0.0878. The number of Topliss-reactive ketones (excluding diaryl/α,β-unsaturated/α-hetero) is 1. The van der Waals surface area contributed by atoms with Crippen LogP contribution in [0.5, 0.6) is 0 Å². The molecule has 3 heteroatoms. The Morgan fingerprint density at radius 2 is 1.71 bits per heavy atom. The molecule has 0 amide bonds. The molecule has 70 valence electrons. The van der Waals surface area contributed by atoms with Crippen LogP contribution in [0.3, 0.4) is 0 Å². The lowest BCUT2D eigenvalue weighted by molar-refractivity contribution is 0.0985. The van der Waals surface area contributed by atoms with E-state index in [0.717, 1.165) is 0 Å². The van der Waals surface area contributed by atoms with Gasteiger partial charge in [0.1, 0.15) is 0 Å². The van der Waals surface area contributed by atoms with Crippen molar-refractivity contribution >= 4 is 24.2 Å². The number of rotatable bonds is 1. The third-order valence-electron chi connectivity index (χ3n) is 2.20. The highest BCUT2D eigenvalue weighted by Gasteiger charge is 2.23. The summed E-state index contributed by atoms with van der Waals surface area (Å²) in [5.74, 6) is 0.110. The zero-order valence-electron chi connectivity index (χ0n) is 7.36. The fourth-order valence-electron chi connectivity index (χ4n) is 1.49. The van der Waals surface area contributed by atoms with E-state index in [-0.39, 0.29) is 11.6 Å². The van der Waals surface area contributed by atoms with Crippen LogP contribution in [0.15, 0.2) is 35.9 Å². The molecule has 0 heterocycles. The van der Waals surface area contributed by atoms with Crippen LogP contribution in [0.4, 0.5) is 0 Å². The highest BCUT2D eigenvalue weighted by Crippen LogP contribution is 2.21. The maximum absolute atomic E-state index is 11.7. The minimum atomic E-state index is -0.107. The van der Waals surface area contributed by atoms with Crippen LogP contribution in [0.1, 0.15) is 20.7 Å². The molecule has 0 aliphatic heterocycles. The summed E-state index contributed by atoms with van der Waals surface area (Å²) < 4.78 is 0. The highest BCUT2D eigenvalue weighted by atomic mass is 32.1. The van der Waals surface area contributed by atoms with Gasteiger partial charge >= 0.3 is 0 Å². The lowest BCUT2D eigenvalue weighted by atomic mass is 9.90. The number of benzene rings is 1. The van der Waals surface area contributed by atoms with Gasteiger partial charge in [0.2, 0.25) is 0 Å². The Labute approximate surface area is 87.0 Å². The molecular formula is C11H8O2S. The molecular weight excluding hydrogens is 196 g/mol. The summed E-state index contributed by atoms with van der Waals surface area (Å²) in [6.45, 7) is 0. The maximum Gasteiger partial charge on any atom is 0.190 e. The number of fused-ring (bicyclic) bond motifs is 1. The van der Waals surface area contributed by atoms with Crippen LogP contribution >= 0.6 is 12.6 Å². The van der Waals surface area contributed by atoms with Gasteiger partial charge in [-0.25, -0.2) is 0 Å². The van der Waals surface area contributed by atoms with E-state index in [2.05, 4.69) is 12.6 Å². The first-order chi connectivity index (χ1) is 6.74. The van der Waals surface area contributed by atoms with Gasteiger partial charge in [0.05, 0.1) is 0 Å². The summed E-state index contributed by atoms with van der Waals surface area (Å²) >= 11 is 4.01. The fraction of sp³-hybridized carbons (Fsp3) is 0.0909. The normalized spacial score (nSPS) is 15.1. The van der Waals surface area contributed by atoms with Crippen molar-refractivity contribution in [1.82, 2.24) is 0 Å². The van der Waals surface area contributed by atoms with Crippen molar-refractivity contribution in [3.63, 3.8) is 0 Å². The van der Waals surface area contributed by atoms with Crippen LogP contribution in [-0.4, -0.2) is 17.3 Å². The van der Waals surface area contributed by atoms with E-state index < -0.39 is 0 Å². The zero-order valence-corrected chi connectivity index (χ0v) is 8.25. The Morgan fingerprint density at radius 1 is 1.07 bits per heavy atom. The molecule has 0 aromatic heterocycles. The Morgan fingerprint density at radius 3 is 2.36 bits per heavy atom. The van der Waals surface area contributed by atoms with Gasteiger partial charge in [-0.2, -0.15) is 12.6 Å². The molecule has 2 rings (SSSR count). The highest BCUT2D eigenvalue weighted by molar-refractivity contribution is 7.80. The summed E-state index contributed by atoms with van der Waals surface area (Å²) in [4.78, 5) is 23.3. The lowest BCUT2D eigenvalue weighted by Gasteiger charge is -2.12. The molecule has 0 N–H and O–H groups in total. The van der Waals surface area contributed by atoms with E-state index in [1.54, 1.807) is 24.3 Å². The van der Waals surface area contributed by atoms with Gasteiger partial charge in [-0.3, -0.25) is 9.59 Å². The molecule has 0 radical (unpaired) electrons. The summed E-state index contributed by atoms with van der Waals surface area (Å²) in [6.07, 6.45) is 1.37. The van der Waals surface area contributed by atoms with Crippen LogP contribution in [-0.2, 0) is 0 Å². The van der Waals surface area contributed by atoms with E-state index in [4.69, 9.17) is 0 Å². The van der Waals surface area contributed by atoms with Crippen LogP contribution in [0.2, 0.25) is 0 Å². The van der Waals surface area contributed by atoms with Gasteiger partial charge in [0.15, 0.2) is 11.6 Å². The first kappa shape index (κ1) is 9.21. The molecule has 2 nitrogen and oxygen atoms in total. The maximum atomic E-state index is 11.7. The van der Waals surface area contributed by atoms with Crippen molar-refractivity contribution in [2.45, 2.75) is 0 Å². The Balaban J connectivity index is 2.61. The van der Waals surface area contributed by atoms with Crippen molar-refractivity contribution in [2.75, 3.05) is 5.75 Å². The van der Waals surface area contributed by atoms with Crippen LogP contribution < -0.4 is 0 Å². The van der Waals surface area contributed by atoms with Crippen molar-refractivity contribution < 1.29 is 9.59 Å². The number of allylic oxidation sites excluding steroid dienone is 1. The molecule has 0 fully saturated rings. The summed E-state index contributed by atoms with van der Waals surface area (Å²) in [6, 6.07) is 6.85. The molecule has 0 bridgehead atoms. The second-order valence-corrected chi connectivity index (χ2v) is 3.38. The second-order valence-electron chi connectivity index (χ2n) is 3.07. The van der Waals surface area contributed by atoms with E-state index >= 15 is 0 Å². The van der Waals surface area contributed by atoms with Gasteiger partial charge in [-0.05, 0) is 6.08 Å². The standard InChI is InChI=1S/C11H8O2S/c12-10-5-7(6-14)11(13)9-4-2-1-3-8(9)10/h1-5,14H,6H2. The third kappa shape index (κ3) is 1.30. The second kappa shape index (κ2) is 3.42. The summed E-state index contributed by atoms with van der Waals surface area (Å²) in [7, 11) is 0. The molecule has 0 atom stereocenters. The summed E-state index contributed by atoms with van der Waals surface area (Å²) in [5, 5.41) is 0. The number of hydrogen-bond acceptors (Lipinski definition) is 3. The number of hydrogen-bond donors (Lipinski definition) is 1. The van der Waals surface area contributed by atoms with Gasteiger partial charge < -0.3 is 0 Å². The first-order valence-corrected chi connectivity index (χ1v) is 4.87. The average Bonchev–Trinajstić information content (AvgIpc) is 2.23. The molecule has 1 aliphatic rings. The monoisotopic (exact) mass is 204 g/mol. The average molecular weight is 204 g/mol. The summed E-state index contributed by atoms with van der Waals surface area (Å²) in [5.41, 5.74) is 1.45. The largest absolute Gasteiger partial charge is 0.289 e. The zero-order chi connectivity index (χ0) is 10.1. The molecule has 0 saturated carbocycles. The van der Waals surface area contributed by atoms with Crippen LogP contribution in [0.25, 0.3) is 0 Å². The Kier molecular flexibility index (Phi) is 2.25. The third-order valence-corrected chi connectivity index (χ3v) is 2.55. The van der Waals surface area contributed by atoms with E-state index in [9.17, 15) is 9.59 Å². The number of thiol groups is 1. The van der Waals surface area contributed by atoms with Crippen molar-refractivity contribution in [2.24, 2.45) is 0 Å². The molecule has 1 aliphatic carbocycles. The molecule has 0 spiro atoms. The fourth-order valence-corrected chi connectivity index (χ4v) is 1.72. The topological polar surface area (TPSA) is 34.1 Å². The van der Waals surface area contributed by atoms with E-state index in [0.29, 0.717) is 22.5 Å². The van der Waals surface area contributed by atoms with Crippen LogP contribution in [0, 0.1) is 0 Å². The SMILES string of the molecule is O=C1C=C(CS)C(=O)c2ccccc21. The quantitative estimate of drug-likeness (QED) is 0.709. The number of ketones is 2. The molecule has 14 heavy (non-hydrogen) atoms. The molecule has 1 aromatic rings. The van der Waals surface area contributed by atoms with Crippen molar-refractivity contribution in [3.05, 3.63) is 47.0 Å². The predicted molar refractivity (Wildman–Crippen MR) is 57.0 cm³/mol.